The molecule has 1 N–H and O–H groups in total. The van der Waals surface area contributed by atoms with Gasteiger partial charge < -0.3 is 15.1 Å². The molecule has 1 amide bonds. The number of nitrogens with one attached hydrogen (secondary N) is 1. The van der Waals surface area contributed by atoms with Gasteiger partial charge in [0.25, 0.3) is 5.91 Å². The summed E-state index contributed by atoms with van der Waals surface area (Å²) < 4.78 is 1.11. The smallest absolute Gasteiger partial charge is 0.255 e. The zero-order valence-corrected chi connectivity index (χ0v) is 17.6. The van der Waals surface area contributed by atoms with Crippen molar-refractivity contribution in [1.82, 2.24) is 9.88 Å². The minimum absolute atomic E-state index is 0.0403. The molecule has 0 saturated carbocycles. The Morgan fingerprint density at radius 3 is 2.62 bits per heavy atom. The number of thiazole rings is 1. The highest BCUT2D eigenvalue weighted by molar-refractivity contribution is 7.22. The van der Waals surface area contributed by atoms with E-state index in [0.717, 1.165) is 65.6 Å². The Kier molecular flexibility index (Phi) is 4.97. The Bertz CT molecular complexity index is 1050. The maximum Gasteiger partial charge on any atom is 0.255 e. The van der Waals surface area contributed by atoms with Crippen LogP contribution in [0.1, 0.15) is 34.3 Å². The molecule has 2 heterocycles. The number of fused-ring (bicyclic) bond motifs is 2. The van der Waals surface area contributed by atoms with Crippen molar-refractivity contribution < 1.29 is 4.79 Å². The maximum atomic E-state index is 12.8. The molecule has 1 saturated heterocycles. The first kappa shape index (κ1) is 18.6. The Morgan fingerprint density at radius 1 is 1.00 bits per heavy atom. The van der Waals surface area contributed by atoms with Crippen molar-refractivity contribution in [2.75, 3.05) is 43.4 Å². The van der Waals surface area contributed by atoms with Crippen LogP contribution < -0.4 is 10.2 Å². The normalized spacial score (nSPS) is 17.3. The number of aryl methyl sites for hydroxylation is 2. The van der Waals surface area contributed by atoms with E-state index in [9.17, 15) is 4.79 Å². The molecule has 0 bridgehead atoms. The summed E-state index contributed by atoms with van der Waals surface area (Å²) in [6.07, 6.45) is 4.69. The van der Waals surface area contributed by atoms with Gasteiger partial charge in [-0.2, -0.15) is 0 Å². The first-order valence-electron chi connectivity index (χ1n) is 10.4. The summed E-state index contributed by atoms with van der Waals surface area (Å²) in [5, 5.41) is 4.15. The van der Waals surface area contributed by atoms with Crippen LogP contribution in [0.5, 0.6) is 0 Å². The molecule has 0 atom stereocenters. The van der Waals surface area contributed by atoms with Gasteiger partial charge in [0.15, 0.2) is 5.13 Å². The van der Waals surface area contributed by atoms with E-state index in [1.54, 1.807) is 11.3 Å². The van der Waals surface area contributed by atoms with Crippen LogP contribution in [-0.2, 0) is 12.8 Å². The van der Waals surface area contributed by atoms with E-state index in [1.165, 1.54) is 24.0 Å². The number of hydrogen-bond donors (Lipinski definition) is 1. The van der Waals surface area contributed by atoms with Gasteiger partial charge in [-0.15, -0.1) is 0 Å². The van der Waals surface area contributed by atoms with Crippen molar-refractivity contribution >= 4 is 38.3 Å². The predicted octanol–water partition coefficient (Wildman–Crippen LogP) is 4.18. The lowest BCUT2D eigenvalue weighted by atomic mass is 9.90. The fourth-order valence-electron chi connectivity index (χ4n) is 4.20. The van der Waals surface area contributed by atoms with E-state index < -0.39 is 0 Å². The molecule has 1 aromatic heterocycles. The Hall–Kier alpha value is -2.44. The molecule has 1 fully saturated rings. The van der Waals surface area contributed by atoms with Gasteiger partial charge >= 0.3 is 0 Å². The van der Waals surface area contributed by atoms with Gasteiger partial charge in [-0.05, 0) is 74.2 Å². The number of nitrogens with zero attached hydrogens (tertiary/aromatic N) is 3. The summed E-state index contributed by atoms with van der Waals surface area (Å²) in [7, 11) is 2.16. The van der Waals surface area contributed by atoms with E-state index in [4.69, 9.17) is 4.98 Å². The SMILES string of the molecule is CN1CCN(c2nc3ccc(NC(=O)c4ccc5c(c4)CCCC5)cc3s2)CC1. The molecule has 2 aliphatic rings. The highest BCUT2D eigenvalue weighted by atomic mass is 32.1. The minimum atomic E-state index is -0.0403. The Morgan fingerprint density at radius 2 is 1.79 bits per heavy atom. The highest BCUT2D eigenvalue weighted by Crippen LogP contribution is 2.31. The molecule has 1 aliphatic carbocycles. The quantitative estimate of drug-likeness (QED) is 0.709. The predicted molar refractivity (Wildman–Crippen MR) is 120 cm³/mol. The Balaban J connectivity index is 1.33. The molecule has 2 aromatic carbocycles. The second-order valence-electron chi connectivity index (χ2n) is 8.11. The van der Waals surface area contributed by atoms with Gasteiger partial charge in [0.05, 0.1) is 10.2 Å². The highest BCUT2D eigenvalue weighted by Gasteiger charge is 2.18. The number of piperazine rings is 1. The summed E-state index contributed by atoms with van der Waals surface area (Å²) in [4.78, 5) is 22.3. The first-order chi connectivity index (χ1) is 14.2. The Labute approximate surface area is 175 Å². The molecule has 3 aromatic rings. The van der Waals surface area contributed by atoms with Crippen molar-refractivity contribution in [2.24, 2.45) is 0 Å². The summed E-state index contributed by atoms with van der Waals surface area (Å²) in [6.45, 7) is 4.16. The molecule has 5 rings (SSSR count). The monoisotopic (exact) mass is 406 g/mol. The second kappa shape index (κ2) is 7.76. The van der Waals surface area contributed by atoms with Gasteiger partial charge in [0.2, 0.25) is 0 Å². The van der Waals surface area contributed by atoms with Crippen LogP contribution in [0.15, 0.2) is 36.4 Å². The number of hydrogen-bond acceptors (Lipinski definition) is 5. The van der Waals surface area contributed by atoms with Crippen molar-refractivity contribution in [3.05, 3.63) is 53.1 Å². The second-order valence-corrected chi connectivity index (χ2v) is 9.12. The first-order valence-corrected chi connectivity index (χ1v) is 11.2. The van der Waals surface area contributed by atoms with Crippen LogP contribution in [-0.4, -0.2) is 49.0 Å². The van der Waals surface area contributed by atoms with E-state index in [1.807, 2.05) is 24.3 Å². The fraction of sp³-hybridized carbons (Fsp3) is 0.391. The molecule has 150 valence electrons. The third-order valence-corrected chi connectivity index (χ3v) is 7.10. The zero-order valence-electron chi connectivity index (χ0n) is 16.8. The number of rotatable bonds is 3. The van der Waals surface area contributed by atoms with Gasteiger partial charge in [0, 0.05) is 37.4 Å². The van der Waals surface area contributed by atoms with Gasteiger partial charge in [-0.3, -0.25) is 4.79 Å². The standard InChI is InChI=1S/C23H26N4OS/c1-26-10-12-27(13-11-26)23-25-20-9-8-19(15-21(20)29-23)24-22(28)18-7-6-16-4-2-3-5-17(16)14-18/h6-9,14-15H,2-5,10-13H2,1H3,(H,24,28). The number of aromatic nitrogens is 1. The zero-order chi connectivity index (χ0) is 19.8. The van der Waals surface area contributed by atoms with E-state index >= 15 is 0 Å². The van der Waals surface area contributed by atoms with Crippen molar-refractivity contribution in [2.45, 2.75) is 25.7 Å². The van der Waals surface area contributed by atoms with Crippen LogP contribution >= 0.6 is 11.3 Å². The molecular formula is C23H26N4OS. The third-order valence-electron chi connectivity index (χ3n) is 6.02. The third kappa shape index (κ3) is 3.87. The van der Waals surface area contributed by atoms with Crippen molar-refractivity contribution in [1.29, 1.82) is 0 Å². The molecule has 0 radical (unpaired) electrons. The van der Waals surface area contributed by atoms with Gasteiger partial charge in [0.1, 0.15) is 0 Å². The van der Waals surface area contributed by atoms with Gasteiger partial charge in [-0.1, -0.05) is 17.4 Å². The average Bonchev–Trinajstić information content (AvgIpc) is 3.17. The van der Waals surface area contributed by atoms with Crippen LogP contribution in [0, 0.1) is 0 Å². The van der Waals surface area contributed by atoms with E-state index in [-0.39, 0.29) is 5.91 Å². The number of carbonyl (C=O) groups is 1. The number of likely N-dealkylation sites (N-methyl/N-ethyl adjacent to an activating group) is 1. The number of carbonyl (C=O) groups excluding carboxylic acids is 1. The molecule has 6 heteroatoms. The average molecular weight is 407 g/mol. The summed E-state index contributed by atoms with van der Waals surface area (Å²) in [6, 6.07) is 12.2. The lowest BCUT2D eigenvalue weighted by molar-refractivity contribution is 0.102. The largest absolute Gasteiger partial charge is 0.345 e. The van der Waals surface area contributed by atoms with Gasteiger partial charge in [-0.25, -0.2) is 4.98 Å². The molecular weight excluding hydrogens is 380 g/mol. The summed E-state index contributed by atoms with van der Waals surface area (Å²) >= 11 is 1.71. The lowest BCUT2D eigenvalue weighted by Crippen LogP contribution is -2.44. The molecule has 0 unspecified atom stereocenters. The van der Waals surface area contributed by atoms with Crippen molar-refractivity contribution in [3.63, 3.8) is 0 Å². The number of benzene rings is 2. The number of anilines is 2. The van der Waals surface area contributed by atoms with E-state index in [0.29, 0.717) is 0 Å². The molecule has 1 aliphatic heterocycles. The van der Waals surface area contributed by atoms with E-state index in [2.05, 4.69) is 34.3 Å². The molecule has 5 nitrogen and oxygen atoms in total. The molecule has 29 heavy (non-hydrogen) atoms. The molecule has 0 spiro atoms. The van der Waals surface area contributed by atoms with Crippen molar-refractivity contribution in [3.8, 4) is 0 Å². The minimum Gasteiger partial charge on any atom is -0.345 e. The lowest BCUT2D eigenvalue weighted by Gasteiger charge is -2.31. The number of amides is 1. The van der Waals surface area contributed by atoms with Crippen LogP contribution in [0.25, 0.3) is 10.2 Å². The fourth-order valence-corrected chi connectivity index (χ4v) is 5.26. The summed E-state index contributed by atoms with van der Waals surface area (Å²) in [5.74, 6) is -0.0403. The van der Waals surface area contributed by atoms with Crippen LogP contribution in [0.3, 0.4) is 0 Å². The topological polar surface area (TPSA) is 48.5 Å². The van der Waals surface area contributed by atoms with Crippen LogP contribution in [0.4, 0.5) is 10.8 Å². The summed E-state index contributed by atoms with van der Waals surface area (Å²) in [5.41, 5.74) is 5.30. The maximum absolute atomic E-state index is 12.8. The van der Waals surface area contributed by atoms with Crippen LogP contribution in [0.2, 0.25) is 0 Å².